The van der Waals surface area contributed by atoms with Gasteiger partial charge in [-0.2, -0.15) is 4.31 Å². The molecule has 160 valence electrons. The lowest BCUT2D eigenvalue weighted by atomic mass is 10.1. The smallest absolute Gasteiger partial charge is 0.289 e. The molecule has 0 radical (unpaired) electrons. The van der Waals surface area contributed by atoms with Crippen molar-refractivity contribution in [3.63, 3.8) is 0 Å². The summed E-state index contributed by atoms with van der Waals surface area (Å²) in [6.45, 7) is 5.03. The fourth-order valence-electron chi connectivity index (χ4n) is 3.61. The first kappa shape index (κ1) is 23.2. The molecule has 0 unspecified atom stereocenters. The van der Waals surface area contributed by atoms with E-state index < -0.39 is 10.0 Å². The normalized spacial score (nSPS) is 19.0. The summed E-state index contributed by atoms with van der Waals surface area (Å²) in [7, 11) is -3.60. The average Bonchev–Trinajstić information content (AvgIpc) is 3.32. The molecule has 0 saturated carbocycles. The van der Waals surface area contributed by atoms with Gasteiger partial charge in [0.2, 0.25) is 10.0 Å². The Labute approximate surface area is 172 Å². The molecule has 2 fully saturated rings. The van der Waals surface area contributed by atoms with Crippen LogP contribution in [0.2, 0.25) is 0 Å². The van der Waals surface area contributed by atoms with Crippen LogP contribution in [0, 0.1) is 6.92 Å². The number of carbonyl (C=O) groups excluding carboxylic acids is 1. The molecule has 28 heavy (non-hydrogen) atoms. The average molecular weight is 436 g/mol. The number of likely N-dealkylation sites (tertiary alicyclic amines) is 1. The van der Waals surface area contributed by atoms with Gasteiger partial charge in [0.05, 0.1) is 6.10 Å². The summed E-state index contributed by atoms with van der Waals surface area (Å²) in [4.78, 5) is 14.6. The van der Waals surface area contributed by atoms with E-state index in [4.69, 9.17) is 14.9 Å². The highest BCUT2D eigenvalue weighted by atomic mass is 35.5. The molecule has 1 amide bonds. The van der Waals surface area contributed by atoms with Crippen LogP contribution in [-0.4, -0.2) is 69.0 Å². The second-order valence-corrected chi connectivity index (χ2v) is 9.05. The van der Waals surface area contributed by atoms with Crippen molar-refractivity contribution in [1.29, 1.82) is 0 Å². The number of hydrogen-bond acceptors (Lipinski definition) is 6. The minimum absolute atomic E-state index is 0. The monoisotopic (exact) mass is 435 g/mol. The van der Waals surface area contributed by atoms with Crippen LogP contribution in [0.25, 0.3) is 0 Å². The molecule has 2 aliphatic rings. The van der Waals surface area contributed by atoms with Gasteiger partial charge >= 0.3 is 0 Å². The van der Waals surface area contributed by atoms with E-state index in [1.807, 2.05) is 0 Å². The molecule has 2 N–H and O–H groups in total. The lowest BCUT2D eigenvalue weighted by Gasteiger charge is -2.31. The van der Waals surface area contributed by atoms with E-state index in [1.165, 1.54) is 10.4 Å². The third-order valence-electron chi connectivity index (χ3n) is 5.20. The van der Waals surface area contributed by atoms with Crippen molar-refractivity contribution in [2.24, 2.45) is 5.73 Å². The van der Waals surface area contributed by atoms with Crippen molar-refractivity contribution in [3.05, 3.63) is 17.6 Å². The van der Waals surface area contributed by atoms with E-state index in [1.54, 1.807) is 11.8 Å². The number of aryl methyl sites for hydroxylation is 1. The zero-order valence-electron chi connectivity index (χ0n) is 16.3. The molecular formula is C18H30ClN3O5S. The highest BCUT2D eigenvalue weighted by Crippen LogP contribution is 2.27. The molecule has 0 aromatic carbocycles. The van der Waals surface area contributed by atoms with E-state index in [0.29, 0.717) is 39.3 Å². The number of sulfonamides is 1. The molecule has 3 heterocycles. The summed E-state index contributed by atoms with van der Waals surface area (Å²) in [6, 6.07) is 1.38. The van der Waals surface area contributed by atoms with Crippen LogP contribution in [-0.2, 0) is 14.8 Å². The molecule has 0 spiro atoms. The molecule has 0 bridgehead atoms. The lowest BCUT2D eigenvalue weighted by Crippen LogP contribution is -2.41. The fraction of sp³-hybridized carbons (Fsp3) is 0.722. The van der Waals surface area contributed by atoms with Gasteiger partial charge in [-0.25, -0.2) is 8.42 Å². The standard InChI is InChI=1S/C18H29N3O5S.ClH/c1-14-17(27(23,24)21-8-2-3-9-21)13-16(26-14)18(22)20-10-5-15(6-11-20)25-12-4-7-19;/h13,15H,2-12,19H2,1H3;1H. The van der Waals surface area contributed by atoms with Gasteiger partial charge in [-0.1, -0.05) is 0 Å². The van der Waals surface area contributed by atoms with E-state index >= 15 is 0 Å². The fourth-order valence-corrected chi connectivity index (χ4v) is 5.29. The highest BCUT2D eigenvalue weighted by molar-refractivity contribution is 7.89. The third kappa shape index (κ3) is 5.07. The Morgan fingerprint density at radius 2 is 1.89 bits per heavy atom. The summed E-state index contributed by atoms with van der Waals surface area (Å²) in [5, 5.41) is 0. The largest absolute Gasteiger partial charge is 0.455 e. The number of nitrogens with two attached hydrogens (primary N) is 1. The minimum atomic E-state index is -3.60. The van der Waals surface area contributed by atoms with Crippen LogP contribution in [0.15, 0.2) is 15.4 Å². The minimum Gasteiger partial charge on any atom is -0.455 e. The maximum atomic E-state index is 12.8. The first-order valence-corrected chi connectivity index (χ1v) is 11.1. The number of nitrogens with zero attached hydrogens (tertiary/aromatic N) is 2. The lowest BCUT2D eigenvalue weighted by molar-refractivity contribution is 0.00761. The van der Waals surface area contributed by atoms with Crippen molar-refractivity contribution in [2.75, 3.05) is 39.3 Å². The van der Waals surface area contributed by atoms with E-state index in [2.05, 4.69) is 0 Å². The van der Waals surface area contributed by atoms with Crippen molar-refractivity contribution in [3.8, 4) is 0 Å². The molecule has 3 rings (SSSR count). The number of ether oxygens (including phenoxy) is 1. The van der Waals surface area contributed by atoms with Gasteiger partial charge in [0.1, 0.15) is 10.7 Å². The Morgan fingerprint density at radius 1 is 1.25 bits per heavy atom. The second kappa shape index (κ2) is 10.1. The number of carbonyl (C=O) groups is 1. The molecule has 0 aliphatic carbocycles. The maximum absolute atomic E-state index is 12.8. The predicted molar refractivity (Wildman–Crippen MR) is 107 cm³/mol. The molecule has 1 aromatic heterocycles. The Hall–Kier alpha value is -1.13. The summed E-state index contributed by atoms with van der Waals surface area (Å²) in [6.07, 6.45) is 4.22. The van der Waals surface area contributed by atoms with Gasteiger partial charge in [0, 0.05) is 38.9 Å². The molecule has 2 saturated heterocycles. The highest BCUT2D eigenvalue weighted by Gasteiger charge is 2.33. The van der Waals surface area contributed by atoms with Crippen molar-refractivity contribution in [1.82, 2.24) is 9.21 Å². The van der Waals surface area contributed by atoms with Crippen LogP contribution in [0.5, 0.6) is 0 Å². The maximum Gasteiger partial charge on any atom is 0.289 e. The van der Waals surface area contributed by atoms with Gasteiger partial charge in [-0.15, -0.1) is 12.4 Å². The molecule has 10 heteroatoms. The number of rotatable bonds is 7. The number of piperidine rings is 1. The quantitative estimate of drug-likeness (QED) is 0.654. The second-order valence-electron chi connectivity index (χ2n) is 7.15. The van der Waals surface area contributed by atoms with Gasteiger partial charge in [0.25, 0.3) is 5.91 Å². The van der Waals surface area contributed by atoms with Crippen LogP contribution < -0.4 is 5.73 Å². The molecule has 1 aromatic rings. The predicted octanol–water partition coefficient (Wildman–Crippen LogP) is 1.76. The van der Waals surface area contributed by atoms with Crippen molar-refractivity contribution in [2.45, 2.75) is 50.0 Å². The van der Waals surface area contributed by atoms with Gasteiger partial charge in [-0.3, -0.25) is 4.79 Å². The van der Waals surface area contributed by atoms with Crippen LogP contribution in [0.3, 0.4) is 0 Å². The first-order chi connectivity index (χ1) is 12.9. The first-order valence-electron chi connectivity index (χ1n) is 9.65. The Morgan fingerprint density at radius 3 is 2.50 bits per heavy atom. The number of halogens is 1. The van der Waals surface area contributed by atoms with Gasteiger partial charge in [0.15, 0.2) is 5.76 Å². The molecule has 8 nitrogen and oxygen atoms in total. The Bertz CT molecular complexity index is 753. The Balaban J connectivity index is 0.00000280. The van der Waals surface area contributed by atoms with Crippen LogP contribution in [0.1, 0.15) is 48.4 Å². The number of furan rings is 1. The topological polar surface area (TPSA) is 106 Å². The van der Waals surface area contributed by atoms with E-state index in [-0.39, 0.29) is 40.8 Å². The third-order valence-corrected chi connectivity index (χ3v) is 7.20. The molecule has 2 aliphatic heterocycles. The summed E-state index contributed by atoms with van der Waals surface area (Å²) >= 11 is 0. The number of hydrogen-bond donors (Lipinski definition) is 1. The van der Waals surface area contributed by atoms with E-state index in [9.17, 15) is 13.2 Å². The van der Waals surface area contributed by atoms with Crippen molar-refractivity contribution >= 4 is 28.3 Å². The summed E-state index contributed by atoms with van der Waals surface area (Å²) < 4.78 is 38.3. The van der Waals surface area contributed by atoms with Crippen LogP contribution >= 0.6 is 12.4 Å². The van der Waals surface area contributed by atoms with Gasteiger partial charge < -0.3 is 19.8 Å². The Kier molecular flexibility index (Phi) is 8.32. The SMILES string of the molecule is Cc1oc(C(=O)N2CCC(OCCCN)CC2)cc1S(=O)(=O)N1CCCC1.Cl. The molecule has 0 atom stereocenters. The summed E-state index contributed by atoms with van der Waals surface area (Å²) in [5.41, 5.74) is 5.47. The zero-order chi connectivity index (χ0) is 19.4. The zero-order valence-corrected chi connectivity index (χ0v) is 17.9. The molecular weight excluding hydrogens is 406 g/mol. The summed E-state index contributed by atoms with van der Waals surface area (Å²) in [5.74, 6) is 0.0967. The number of amides is 1. The van der Waals surface area contributed by atoms with E-state index in [0.717, 1.165) is 32.1 Å². The van der Waals surface area contributed by atoms with Crippen molar-refractivity contribution < 1.29 is 22.4 Å². The van der Waals surface area contributed by atoms with Crippen LogP contribution in [0.4, 0.5) is 0 Å². The van der Waals surface area contributed by atoms with Gasteiger partial charge in [-0.05, 0) is 45.6 Å².